The van der Waals surface area contributed by atoms with Crippen LogP contribution in [-0.2, 0) is 24.4 Å². The molecule has 3 atom stereocenters. The second-order valence-electron chi connectivity index (χ2n) is 28.9. The molecule has 0 bridgehead atoms. The summed E-state index contributed by atoms with van der Waals surface area (Å²) in [5.74, 6) is -15.2. The predicted octanol–water partition coefficient (Wildman–Crippen LogP) is 9.91. The van der Waals surface area contributed by atoms with Gasteiger partial charge in [0.05, 0.1) is 19.3 Å². The van der Waals surface area contributed by atoms with Gasteiger partial charge < -0.3 is 60.0 Å². The zero-order valence-corrected chi connectivity index (χ0v) is 62.7. The summed E-state index contributed by atoms with van der Waals surface area (Å²) in [7, 11) is 1.73. The van der Waals surface area contributed by atoms with Crippen molar-refractivity contribution in [3.05, 3.63) is 212 Å². The molecule has 4 fully saturated rings. The Hall–Kier alpha value is -11.6. The molecule has 0 aliphatic carbocycles. The highest BCUT2D eigenvalue weighted by Crippen LogP contribution is 2.44. The van der Waals surface area contributed by atoms with E-state index in [-0.39, 0.29) is 158 Å². The van der Waals surface area contributed by atoms with Crippen LogP contribution in [0.25, 0.3) is 33.8 Å². The molecule has 4 aliphatic heterocycles. The zero-order chi connectivity index (χ0) is 81.9. The molecule has 4 aliphatic rings. The van der Waals surface area contributed by atoms with Gasteiger partial charge in [0, 0.05) is 118 Å². The van der Waals surface area contributed by atoms with Gasteiger partial charge in [0.15, 0.2) is 0 Å². The number of benzene rings is 6. The van der Waals surface area contributed by atoms with Crippen LogP contribution in [0.15, 0.2) is 127 Å². The van der Waals surface area contributed by atoms with Crippen molar-refractivity contribution in [1.29, 1.82) is 0 Å². The van der Waals surface area contributed by atoms with E-state index < -0.39 is 88.8 Å². The molecule has 3 aromatic heterocycles. The summed E-state index contributed by atoms with van der Waals surface area (Å²) in [6.07, 6.45) is -1.08. The number of nitrogen functional groups attached to an aromatic ring is 3. The maximum absolute atomic E-state index is 15.1. The van der Waals surface area contributed by atoms with E-state index in [1.165, 1.54) is 54.6 Å². The number of carbonyl (C=O) groups excluding carboxylic acids is 6. The van der Waals surface area contributed by atoms with Crippen molar-refractivity contribution in [2.24, 2.45) is 17.2 Å². The minimum absolute atomic E-state index is 0.00791. The van der Waals surface area contributed by atoms with E-state index in [9.17, 15) is 59.5 Å². The molecule has 598 valence electrons. The Morgan fingerprint density at radius 2 is 0.770 bits per heavy atom. The second kappa shape index (κ2) is 33.8. The van der Waals surface area contributed by atoms with Gasteiger partial charge in [-0.1, -0.05) is 91.0 Å². The largest absolute Gasteiger partial charge is 0.383 e. The highest BCUT2D eigenvalue weighted by Gasteiger charge is 2.51. The predicted molar refractivity (Wildman–Crippen MR) is 405 cm³/mol. The number of nitrogens with two attached hydrogens (primary N) is 6. The third-order valence-corrected chi connectivity index (χ3v) is 20.8. The van der Waals surface area contributed by atoms with Gasteiger partial charge >= 0.3 is 0 Å². The Labute approximate surface area is 644 Å². The van der Waals surface area contributed by atoms with Crippen molar-refractivity contribution in [1.82, 2.24) is 60.0 Å². The molecule has 25 nitrogen and oxygen atoms in total. The summed E-state index contributed by atoms with van der Waals surface area (Å²) in [5.41, 5.74) is 41.3. The number of rotatable bonds is 20. The number of carbonyl (C=O) groups is 6. The monoisotopic (exact) mass is 1570 g/mol. The van der Waals surface area contributed by atoms with E-state index in [1.54, 1.807) is 106 Å². The van der Waals surface area contributed by atoms with Gasteiger partial charge in [0.25, 0.3) is 53.2 Å². The number of ether oxygens (including phenoxy) is 1. The minimum Gasteiger partial charge on any atom is -0.383 e. The molecule has 9 aromatic rings. The van der Waals surface area contributed by atoms with E-state index in [0.717, 1.165) is 25.2 Å². The number of likely N-dealkylation sites (N-methyl/N-ethyl adjacent to an activating group) is 1. The Morgan fingerprint density at radius 3 is 1.08 bits per heavy atom. The van der Waals surface area contributed by atoms with Crippen molar-refractivity contribution < 1.29 is 73.0 Å². The van der Waals surface area contributed by atoms with E-state index in [0.29, 0.717) is 52.2 Å². The standard InChI is InChI=1S/C27H29F3N6O3.C27H31F3N6O2.C25H27F3N6O2/c1-15-2-7-18(28)10-20(15)26(38)33-11-16-3-5-17(6-4-16)23-22(25(32)37)24(31)36(34-23)21-12-35(19-13-39-14-19)9-8-27(21,29)30;1-15(2)35-11-10-27(29,30)21(14-35)36-24(31)22(25(32)37)23(34-36)18-7-5-17(6-8-18)13-33-26(38)20-12-19(28)9-4-16(20)3;1-14-3-8-17(26)11-18(14)24(36)31-12-15-4-6-16(7-5-15)21-20(23(30)35)22(29)34(32-21)19-13-33(2)10-9-25(19,27)28/h2-7,10,19,21H,8-9,11-14,31H2,1H3,(H2,32,37)(H,33,38);4-9,12,15,21H,10-11,13-14,31H2,1-3H3,(H2,32,37)(H,33,38);3-8,11,19H,9-10,12-13,29H2,1-2H3,(H2,30,35)(H,31,36). The van der Waals surface area contributed by atoms with Crippen molar-refractivity contribution >= 4 is 52.9 Å². The number of nitrogens with zero attached hydrogens (tertiary/aromatic N) is 9. The SMILES string of the molecule is Cc1ccc(F)cc1C(=O)NCc1ccc(-c2nn(C3CN(C(C)C)CCC3(F)F)c(N)c2C(N)=O)cc1.Cc1ccc(F)cc1C(=O)NCc1ccc(-c2nn(C3CN(C)CCC3(F)F)c(N)c2C(N)=O)cc1.Cc1ccc(F)cc1C(=O)NCc1ccc(-c2nn(C3CN(C4COC4)CCC3(F)F)c(N)c2C(N)=O)cc1. The fraction of sp³-hybridized carbons (Fsp3) is 0.354. The molecule has 15 N–H and O–H groups in total. The van der Waals surface area contributed by atoms with Gasteiger partial charge in [-0.2, -0.15) is 15.3 Å². The number of halogens is 9. The lowest BCUT2D eigenvalue weighted by Crippen LogP contribution is -2.57. The topological polar surface area (TPSA) is 367 Å². The number of anilines is 3. The maximum Gasteiger partial charge on any atom is 0.272 e. The van der Waals surface area contributed by atoms with Gasteiger partial charge in [-0.05, 0) is 111 Å². The molecule has 13 rings (SSSR count). The number of primary amides is 3. The summed E-state index contributed by atoms with van der Waals surface area (Å²) >= 11 is 0. The fourth-order valence-electron chi connectivity index (χ4n) is 13.9. The molecule has 6 aromatic carbocycles. The van der Waals surface area contributed by atoms with Crippen LogP contribution < -0.4 is 50.4 Å². The van der Waals surface area contributed by atoms with Gasteiger partial charge in [-0.3, -0.25) is 38.6 Å². The molecule has 6 amide bonds. The van der Waals surface area contributed by atoms with Crippen LogP contribution >= 0.6 is 0 Å². The Morgan fingerprint density at radius 1 is 0.460 bits per heavy atom. The number of amides is 6. The van der Waals surface area contributed by atoms with Crippen LogP contribution in [0.3, 0.4) is 0 Å². The normalized spacial score (nSPS) is 18.2. The van der Waals surface area contributed by atoms with Crippen molar-refractivity contribution in [2.75, 3.05) is 76.7 Å². The number of hydrogen-bond acceptors (Lipinski definition) is 16. The van der Waals surface area contributed by atoms with Crippen LogP contribution in [0.5, 0.6) is 0 Å². The summed E-state index contributed by atoms with van der Waals surface area (Å²) < 4.78 is 138. The van der Waals surface area contributed by atoms with E-state index in [4.69, 9.17) is 39.1 Å². The molecule has 0 saturated carbocycles. The first-order chi connectivity index (χ1) is 53.4. The van der Waals surface area contributed by atoms with E-state index in [1.807, 2.05) is 23.6 Å². The lowest BCUT2D eigenvalue weighted by molar-refractivity contribution is -0.139. The van der Waals surface area contributed by atoms with Crippen molar-refractivity contribution in [2.45, 2.75) is 121 Å². The highest BCUT2D eigenvalue weighted by molar-refractivity contribution is 6.05. The Kier molecular flexibility index (Phi) is 24.6. The van der Waals surface area contributed by atoms with Crippen LogP contribution in [-0.4, -0.2) is 169 Å². The van der Waals surface area contributed by atoms with Crippen LogP contribution in [0.2, 0.25) is 0 Å². The Bertz CT molecular complexity index is 5050. The summed E-state index contributed by atoms with van der Waals surface area (Å²) in [5, 5.41) is 21.2. The van der Waals surface area contributed by atoms with Crippen LogP contribution in [0.1, 0.15) is 147 Å². The average Bonchev–Trinajstić information content (AvgIpc) is 1.60. The third-order valence-electron chi connectivity index (χ3n) is 20.8. The smallest absolute Gasteiger partial charge is 0.272 e. The summed E-state index contributed by atoms with van der Waals surface area (Å²) in [6.45, 7) is 11.2. The number of aryl methyl sites for hydroxylation is 3. The van der Waals surface area contributed by atoms with E-state index in [2.05, 4.69) is 31.2 Å². The lowest BCUT2D eigenvalue weighted by Gasteiger charge is -2.44. The molecular weight excluding hydrogens is 1480 g/mol. The first kappa shape index (κ1) is 82.3. The highest BCUT2D eigenvalue weighted by atomic mass is 19.3. The molecule has 0 radical (unpaired) electrons. The number of likely N-dealkylation sites (tertiary alicyclic amines) is 3. The molecule has 113 heavy (non-hydrogen) atoms. The van der Waals surface area contributed by atoms with Gasteiger partial charge in [0.1, 0.15) is 86.8 Å². The molecule has 3 unspecified atom stereocenters. The molecule has 7 heterocycles. The number of hydrogen-bond donors (Lipinski definition) is 9. The molecule has 0 spiro atoms. The zero-order valence-electron chi connectivity index (χ0n) is 62.7. The summed E-state index contributed by atoms with van der Waals surface area (Å²) in [6, 6.07) is 28.0. The van der Waals surface area contributed by atoms with E-state index >= 15 is 8.78 Å². The van der Waals surface area contributed by atoms with Gasteiger partial charge in [-0.15, -0.1) is 0 Å². The van der Waals surface area contributed by atoms with Crippen LogP contribution in [0.4, 0.5) is 57.0 Å². The number of aromatic nitrogens is 6. The fourth-order valence-corrected chi connectivity index (χ4v) is 13.9. The molecular formula is C79H87F9N18O7. The molecule has 4 saturated heterocycles. The maximum atomic E-state index is 15.1. The first-order valence-corrected chi connectivity index (χ1v) is 36.2. The van der Waals surface area contributed by atoms with Crippen LogP contribution in [0, 0.1) is 38.2 Å². The van der Waals surface area contributed by atoms with Crippen molar-refractivity contribution in [3.8, 4) is 33.8 Å². The lowest BCUT2D eigenvalue weighted by atomic mass is 9.98. The van der Waals surface area contributed by atoms with Gasteiger partial charge in [0.2, 0.25) is 0 Å². The minimum atomic E-state index is -3.09. The average molecular weight is 1570 g/mol. The second-order valence-corrected chi connectivity index (χ2v) is 28.9. The quantitative estimate of drug-likeness (QED) is 0.0320. The van der Waals surface area contributed by atoms with Crippen molar-refractivity contribution in [3.63, 3.8) is 0 Å². The molecule has 34 heteroatoms. The summed E-state index contributed by atoms with van der Waals surface area (Å²) in [4.78, 5) is 79.8. The number of nitrogens with one attached hydrogen (secondary N) is 3. The number of alkyl halides is 6. The number of piperidine rings is 3. The van der Waals surface area contributed by atoms with Gasteiger partial charge in [-0.25, -0.2) is 53.6 Å². The Balaban J connectivity index is 0.000000168. The third kappa shape index (κ3) is 18.3. The first-order valence-electron chi connectivity index (χ1n) is 36.2.